The number of hydrogen-bond acceptors (Lipinski definition) is 5. The van der Waals surface area contributed by atoms with Crippen molar-refractivity contribution < 1.29 is 24.1 Å². The Morgan fingerprint density at radius 2 is 1.80 bits per heavy atom. The maximum Gasteiger partial charge on any atom is 0.192 e. The number of ether oxygens (including phenoxy) is 2. The molecule has 0 saturated carbocycles. The Morgan fingerprint density at radius 3 is 2.20 bits per heavy atom. The average molecular weight is 306 g/mol. The van der Waals surface area contributed by atoms with Crippen molar-refractivity contribution in [3.63, 3.8) is 0 Å². The molecule has 5 nitrogen and oxygen atoms in total. The predicted molar refractivity (Wildman–Crippen MR) is 80.0 cm³/mol. The topological polar surface area (TPSA) is 68.2 Å². The molecule has 1 saturated heterocycles. The number of aliphatic hydroxyl groups is 2. The number of aliphatic hydroxyl groups excluding tert-OH is 2. The van der Waals surface area contributed by atoms with Crippen molar-refractivity contribution in [2.24, 2.45) is 5.92 Å². The first-order valence-corrected chi connectivity index (χ1v) is 10.1. The van der Waals surface area contributed by atoms with Gasteiger partial charge in [0.15, 0.2) is 14.6 Å². The minimum absolute atomic E-state index is 0.0576. The third kappa shape index (κ3) is 3.61. The normalized spacial score (nSPS) is 36.1. The van der Waals surface area contributed by atoms with Crippen LogP contribution in [0.5, 0.6) is 0 Å². The summed E-state index contributed by atoms with van der Waals surface area (Å²) in [6.07, 6.45) is -2.35. The third-order valence-electron chi connectivity index (χ3n) is 4.62. The van der Waals surface area contributed by atoms with Gasteiger partial charge in [-0.1, -0.05) is 27.7 Å². The van der Waals surface area contributed by atoms with Crippen LogP contribution < -0.4 is 0 Å². The summed E-state index contributed by atoms with van der Waals surface area (Å²) in [7, 11) is -0.447. The molecule has 0 radical (unpaired) electrons. The molecule has 20 heavy (non-hydrogen) atoms. The van der Waals surface area contributed by atoms with Crippen molar-refractivity contribution in [2.75, 3.05) is 13.7 Å². The van der Waals surface area contributed by atoms with Gasteiger partial charge in [-0.15, -0.1) is 0 Å². The molecule has 0 bridgehead atoms. The Morgan fingerprint density at radius 1 is 1.25 bits per heavy atom. The largest absolute Gasteiger partial charge is 0.411 e. The highest BCUT2D eigenvalue weighted by atomic mass is 28.4. The molecule has 0 aromatic carbocycles. The molecule has 0 aromatic heterocycles. The van der Waals surface area contributed by atoms with E-state index >= 15 is 0 Å². The van der Waals surface area contributed by atoms with E-state index in [4.69, 9.17) is 13.9 Å². The van der Waals surface area contributed by atoms with Crippen LogP contribution in [-0.2, 0) is 13.9 Å². The first kappa shape index (κ1) is 18.1. The highest BCUT2D eigenvalue weighted by molar-refractivity contribution is 6.74. The van der Waals surface area contributed by atoms with E-state index in [0.29, 0.717) is 0 Å². The van der Waals surface area contributed by atoms with Crippen LogP contribution in [0.15, 0.2) is 0 Å². The van der Waals surface area contributed by atoms with E-state index < -0.39 is 26.8 Å². The molecular weight excluding hydrogens is 276 g/mol. The fraction of sp³-hybridized carbons (Fsp3) is 1.00. The van der Waals surface area contributed by atoms with Gasteiger partial charge in [-0.05, 0) is 18.1 Å². The Labute approximate surface area is 123 Å². The summed E-state index contributed by atoms with van der Waals surface area (Å²) in [5.74, 6) is -0.0908. The minimum Gasteiger partial charge on any atom is -0.411 e. The molecule has 0 aliphatic carbocycles. The zero-order valence-corrected chi connectivity index (χ0v) is 14.7. The lowest BCUT2D eigenvalue weighted by Crippen LogP contribution is -2.59. The van der Waals surface area contributed by atoms with Crippen LogP contribution in [0, 0.1) is 5.92 Å². The van der Waals surface area contributed by atoms with E-state index in [-0.39, 0.29) is 23.7 Å². The highest BCUT2D eigenvalue weighted by Gasteiger charge is 2.48. The van der Waals surface area contributed by atoms with Crippen LogP contribution in [0.2, 0.25) is 18.1 Å². The molecule has 1 heterocycles. The summed E-state index contributed by atoms with van der Waals surface area (Å²) >= 11 is 0. The zero-order valence-electron chi connectivity index (χ0n) is 13.7. The lowest BCUT2D eigenvalue weighted by atomic mass is 9.92. The van der Waals surface area contributed by atoms with Crippen LogP contribution in [-0.4, -0.2) is 56.8 Å². The number of rotatable bonds is 4. The first-order chi connectivity index (χ1) is 9.05. The van der Waals surface area contributed by atoms with Crippen LogP contribution in [0.4, 0.5) is 0 Å². The molecule has 0 amide bonds. The zero-order chi connectivity index (χ0) is 15.7. The van der Waals surface area contributed by atoms with Crippen LogP contribution in [0.3, 0.4) is 0 Å². The van der Waals surface area contributed by atoms with E-state index in [2.05, 4.69) is 33.9 Å². The predicted octanol–water partition coefficient (Wildman–Crippen LogP) is 1.74. The van der Waals surface area contributed by atoms with Gasteiger partial charge >= 0.3 is 0 Å². The van der Waals surface area contributed by atoms with Crippen molar-refractivity contribution in [1.29, 1.82) is 0 Å². The summed E-state index contributed by atoms with van der Waals surface area (Å²) in [6, 6.07) is 0. The standard InChI is InChI=1S/C14H30O5Si/c1-9-12(19-20(6,7)14(2,3)4)11(16)10(8-15)18-13(9)17-5/h9-13,15-16H,8H2,1-7H3/t9?,10?,11-,12+,13+/m0/s1. The molecule has 1 rings (SSSR count). The molecule has 1 aliphatic heterocycles. The second-order valence-electron chi connectivity index (χ2n) is 7.15. The monoisotopic (exact) mass is 306 g/mol. The van der Waals surface area contributed by atoms with Crippen molar-refractivity contribution in [3.8, 4) is 0 Å². The van der Waals surface area contributed by atoms with E-state index in [1.165, 1.54) is 0 Å². The fourth-order valence-corrected chi connectivity index (χ4v) is 3.56. The number of methoxy groups -OCH3 is 1. The summed E-state index contributed by atoms with van der Waals surface area (Å²) in [4.78, 5) is 0. The molecule has 1 fully saturated rings. The lowest BCUT2D eigenvalue weighted by Gasteiger charge is -2.47. The van der Waals surface area contributed by atoms with Gasteiger partial charge in [0.05, 0.1) is 12.7 Å². The highest BCUT2D eigenvalue weighted by Crippen LogP contribution is 2.40. The van der Waals surface area contributed by atoms with E-state index in [9.17, 15) is 10.2 Å². The van der Waals surface area contributed by atoms with Gasteiger partial charge in [-0.3, -0.25) is 0 Å². The molecule has 0 aromatic rings. The second-order valence-corrected chi connectivity index (χ2v) is 11.9. The van der Waals surface area contributed by atoms with Crippen LogP contribution in [0.1, 0.15) is 27.7 Å². The van der Waals surface area contributed by atoms with E-state index in [0.717, 1.165) is 0 Å². The summed E-state index contributed by atoms with van der Waals surface area (Å²) in [5.41, 5.74) is 0. The van der Waals surface area contributed by atoms with Crippen molar-refractivity contribution in [3.05, 3.63) is 0 Å². The average Bonchev–Trinajstić information content (AvgIpc) is 2.33. The van der Waals surface area contributed by atoms with Gasteiger partial charge in [0.2, 0.25) is 0 Å². The van der Waals surface area contributed by atoms with Crippen LogP contribution >= 0.6 is 0 Å². The van der Waals surface area contributed by atoms with Crippen molar-refractivity contribution in [1.82, 2.24) is 0 Å². The van der Waals surface area contributed by atoms with E-state index in [1.807, 2.05) is 6.92 Å². The summed E-state index contributed by atoms with van der Waals surface area (Å²) in [6.45, 7) is 12.5. The van der Waals surface area contributed by atoms with E-state index in [1.54, 1.807) is 7.11 Å². The molecule has 6 heteroatoms. The maximum absolute atomic E-state index is 10.4. The van der Waals surface area contributed by atoms with Gasteiger partial charge in [-0.2, -0.15) is 0 Å². The summed E-state index contributed by atoms with van der Waals surface area (Å²) in [5, 5.41) is 19.8. The maximum atomic E-state index is 10.4. The number of hydrogen-bond donors (Lipinski definition) is 2. The lowest BCUT2D eigenvalue weighted by molar-refractivity contribution is -0.272. The molecule has 0 spiro atoms. The molecule has 2 unspecified atom stereocenters. The fourth-order valence-electron chi connectivity index (χ4n) is 2.17. The van der Waals surface area contributed by atoms with Gasteiger partial charge in [0.25, 0.3) is 0 Å². The minimum atomic E-state index is -2.01. The van der Waals surface area contributed by atoms with Gasteiger partial charge in [0.1, 0.15) is 12.2 Å². The van der Waals surface area contributed by atoms with Gasteiger partial charge < -0.3 is 24.1 Å². The molecular formula is C14H30O5Si. The second kappa shape index (κ2) is 6.42. The first-order valence-electron chi connectivity index (χ1n) is 7.20. The molecule has 2 N–H and O–H groups in total. The Bertz CT molecular complexity index is 299. The molecule has 1 aliphatic rings. The molecule has 120 valence electrons. The Hall–Kier alpha value is 0.0169. The smallest absolute Gasteiger partial charge is 0.192 e. The summed E-state index contributed by atoms with van der Waals surface area (Å²) < 4.78 is 17.2. The van der Waals surface area contributed by atoms with Crippen molar-refractivity contribution >= 4 is 8.32 Å². The molecule has 5 atom stereocenters. The van der Waals surface area contributed by atoms with Crippen LogP contribution in [0.25, 0.3) is 0 Å². The SMILES string of the molecule is CO[C@@H]1OC(CO)[C@H](O)[C@H](O[Si](C)(C)C(C)(C)C)C1C. The van der Waals surface area contributed by atoms with Gasteiger partial charge in [0, 0.05) is 13.0 Å². The van der Waals surface area contributed by atoms with Gasteiger partial charge in [-0.25, -0.2) is 0 Å². The van der Waals surface area contributed by atoms with Crippen molar-refractivity contribution in [2.45, 2.75) is 70.4 Å². The Balaban J connectivity index is 2.94. The quantitative estimate of drug-likeness (QED) is 0.774. The third-order valence-corrected chi connectivity index (χ3v) is 9.10. The Kier molecular flexibility index (Phi) is 5.80.